The molecule has 1 unspecified atom stereocenters. The highest BCUT2D eigenvalue weighted by molar-refractivity contribution is 5.99. The minimum Gasteiger partial charge on any atom is -0.457 e. The van der Waals surface area contributed by atoms with Gasteiger partial charge in [0.2, 0.25) is 5.76 Å². The Kier molecular flexibility index (Phi) is 5.38. The normalized spacial score (nSPS) is 14.8. The van der Waals surface area contributed by atoms with Crippen molar-refractivity contribution in [3.63, 3.8) is 0 Å². The highest BCUT2D eigenvalue weighted by Crippen LogP contribution is 2.40. The van der Waals surface area contributed by atoms with Crippen molar-refractivity contribution >= 4 is 16.9 Å². The second kappa shape index (κ2) is 8.86. The molecule has 0 aliphatic carbocycles. The number of hydrogen-bond acceptors (Lipinski definition) is 4. The van der Waals surface area contributed by atoms with E-state index in [9.17, 15) is 9.59 Å². The molecule has 5 nitrogen and oxygen atoms in total. The molecule has 4 aromatic carbocycles. The molecule has 0 bridgehead atoms. The van der Waals surface area contributed by atoms with Crippen LogP contribution >= 0.6 is 0 Å². The molecule has 1 aromatic heterocycles. The second-order valence-electron chi connectivity index (χ2n) is 8.98. The van der Waals surface area contributed by atoms with Crippen LogP contribution < -0.4 is 10.2 Å². The molecule has 2 heterocycles. The van der Waals surface area contributed by atoms with Gasteiger partial charge < -0.3 is 14.1 Å². The molecule has 0 radical (unpaired) electrons. The van der Waals surface area contributed by atoms with Crippen molar-refractivity contribution < 1.29 is 13.9 Å². The van der Waals surface area contributed by atoms with E-state index in [4.69, 9.17) is 9.15 Å². The van der Waals surface area contributed by atoms with Crippen LogP contribution in [0.1, 0.15) is 38.9 Å². The number of benzene rings is 4. The first kappa shape index (κ1) is 21.9. The zero-order valence-corrected chi connectivity index (χ0v) is 19.7. The molecule has 0 saturated heterocycles. The van der Waals surface area contributed by atoms with Crippen molar-refractivity contribution in [3.05, 3.63) is 141 Å². The summed E-state index contributed by atoms with van der Waals surface area (Å²) in [6, 6.07) is 31.6. The summed E-state index contributed by atoms with van der Waals surface area (Å²) in [5, 5.41) is 0.477. The maximum Gasteiger partial charge on any atom is 0.291 e. The quantitative estimate of drug-likeness (QED) is 0.287. The first-order valence-corrected chi connectivity index (χ1v) is 11.8. The van der Waals surface area contributed by atoms with Crippen LogP contribution in [0, 0.1) is 6.92 Å². The lowest BCUT2D eigenvalue weighted by Gasteiger charge is -2.25. The monoisotopic (exact) mass is 473 g/mol. The fourth-order valence-electron chi connectivity index (χ4n) is 4.80. The van der Waals surface area contributed by atoms with Gasteiger partial charge in [0.1, 0.15) is 17.1 Å². The number of nitrogens with zero attached hydrogens (tertiary/aromatic N) is 1. The molecule has 1 aliphatic heterocycles. The van der Waals surface area contributed by atoms with Gasteiger partial charge in [-0.2, -0.15) is 0 Å². The van der Waals surface area contributed by atoms with E-state index in [0.717, 1.165) is 16.7 Å². The highest BCUT2D eigenvalue weighted by atomic mass is 16.5. The summed E-state index contributed by atoms with van der Waals surface area (Å²) in [5.41, 5.74) is 3.30. The first-order chi connectivity index (χ1) is 17.6. The van der Waals surface area contributed by atoms with Crippen molar-refractivity contribution in [3.8, 4) is 11.5 Å². The van der Waals surface area contributed by atoms with E-state index in [0.29, 0.717) is 34.6 Å². The minimum atomic E-state index is -0.604. The molecule has 0 saturated carbocycles. The van der Waals surface area contributed by atoms with Crippen LogP contribution in [0.4, 0.5) is 0 Å². The van der Waals surface area contributed by atoms with E-state index >= 15 is 0 Å². The van der Waals surface area contributed by atoms with E-state index in [2.05, 4.69) is 0 Å². The zero-order valence-electron chi connectivity index (χ0n) is 19.7. The van der Waals surface area contributed by atoms with E-state index in [1.807, 2.05) is 104 Å². The van der Waals surface area contributed by atoms with Gasteiger partial charge in [0.25, 0.3) is 5.91 Å². The molecule has 176 valence electrons. The fraction of sp³-hybridized carbons (Fsp3) is 0.0968. The summed E-state index contributed by atoms with van der Waals surface area (Å²) in [6.45, 7) is 2.27. The first-order valence-electron chi connectivity index (χ1n) is 11.8. The highest BCUT2D eigenvalue weighted by Gasteiger charge is 2.42. The number of ether oxygens (including phenoxy) is 1. The van der Waals surface area contributed by atoms with Gasteiger partial charge in [-0.3, -0.25) is 9.59 Å². The van der Waals surface area contributed by atoms with Crippen LogP contribution in [0.25, 0.3) is 11.0 Å². The van der Waals surface area contributed by atoms with Crippen LogP contribution in [0.5, 0.6) is 11.5 Å². The van der Waals surface area contributed by atoms with Gasteiger partial charge in [0.15, 0.2) is 5.43 Å². The molecule has 5 heteroatoms. The summed E-state index contributed by atoms with van der Waals surface area (Å²) in [5.74, 6) is 1.14. The Morgan fingerprint density at radius 1 is 0.806 bits per heavy atom. The third kappa shape index (κ3) is 3.85. The maximum absolute atomic E-state index is 13.8. The molecule has 1 amide bonds. The molecule has 1 aliphatic rings. The third-order valence-corrected chi connectivity index (χ3v) is 6.47. The Morgan fingerprint density at radius 2 is 1.53 bits per heavy atom. The van der Waals surface area contributed by atoms with Crippen molar-refractivity contribution in [2.24, 2.45) is 0 Å². The van der Waals surface area contributed by atoms with Gasteiger partial charge >= 0.3 is 0 Å². The Morgan fingerprint density at radius 3 is 2.31 bits per heavy atom. The number of aryl methyl sites for hydroxylation is 1. The predicted molar refractivity (Wildman–Crippen MR) is 138 cm³/mol. The van der Waals surface area contributed by atoms with Crippen molar-refractivity contribution in [1.29, 1.82) is 0 Å². The molecule has 0 spiro atoms. The predicted octanol–water partition coefficient (Wildman–Crippen LogP) is 6.64. The van der Waals surface area contributed by atoms with Crippen molar-refractivity contribution in [2.75, 3.05) is 0 Å². The topological polar surface area (TPSA) is 59.8 Å². The molecule has 5 aromatic rings. The SMILES string of the molecule is Cc1ccc2oc3c(c(=O)c2c1)C(c1cccc(Oc2ccccc2)c1)N(Cc1ccccc1)C3=O. The molecule has 1 atom stereocenters. The maximum atomic E-state index is 13.8. The van der Waals surface area contributed by atoms with E-state index in [1.165, 1.54) is 0 Å². The average molecular weight is 474 g/mol. The molecule has 0 fully saturated rings. The summed E-state index contributed by atoms with van der Waals surface area (Å²) in [4.78, 5) is 29.2. The Labute approximate surface area is 208 Å². The summed E-state index contributed by atoms with van der Waals surface area (Å²) in [6.07, 6.45) is 0. The number of carbonyl (C=O) groups excluding carboxylic acids is 1. The summed E-state index contributed by atoms with van der Waals surface area (Å²) >= 11 is 0. The lowest BCUT2D eigenvalue weighted by atomic mass is 9.97. The smallest absolute Gasteiger partial charge is 0.291 e. The van der Waals surface area contributed by atoms with Gasteiger partial charge in [-0.1, -0.05) is 72.3 Å². The average Bonchev–Trinajstić information content (AvgIpc) is 3.17. The fourth-order valence-corrected chi connectivity index (χ4v) is 4.80. The standard InChI is InChI=1S/C31H23NO4/c1-20-15-16-26-25(17-20)29(33)27-28(22-11-8-14-24(18-22)35-23-12-6-3-7-13-23)32(31(34)30(27)36-26)19-21-9-4-2-5-10-21/h2-18,28H,19H2,1H3. The van der Waals surface area contributed by atoms with Crippen LogP contribution in [0.2, 0.25) is 0 Å². The molecule has 36 heavy (non-hydrogen) atoms. The van der Waals surface area contributed by atoms with Crippen molar-refractivity contribution in [2.45, 2.75) is 19.5 Å². The Balaban J connectivity index is 1.51. The lowest BCUT2D eigenvalue weighted by Crippen LogP contribution is -2.29. The van der Waals surface area contributed by atoms with Crippen LogP contribution in [-0.2, 0) is 6.54 Å². The minimum absolute atomic E-state index is 0.103. The van der Waals surface area contributed by atoms with Gasteiger partial charge in [-0.05, 0) is 54.4 Å². The van der Waals surface area contributed by atoms with Crippen LogP contribution in [0.15, 0.2) is 112 Å². The summed E-state index contributed by atoms with van der Waals surface area (Å²) in [7, 11) is 0. The number of carbonyl (C=O) groups is 1. The second-order valence-corrected chi connectivity index (χ2v) is 8.98. The molecular weight excluding hydrogens is 450 g/mol. The van der Waals surface area contributed by atoms with Gasteiger partial charge in [-0.15, -0.1) is 0 Å². The van der Waals surface area contributed by atoms with E-state index < -0.39 is 6.04 Å². The largest absolute Gasteiger partial charge is 0.457 e. The van der Waals surface area contributed by atoms with E-state index in [-0.39, 0.29) is 17.1 Å². The number of hydrogen-bond donors (Lipinski definition) is 0. The Bertz CT molecular complexity index is 1640. The van der Waals surface area contributed by atoms with Crippen LogP contribution in [-0.4, -0.2) is 10.8 Å². The number of amides is 1. The number of para-hydroxylation sites is 1. The number of fused-ring (bicyclic) bond motifs is 2. The Hall–Kier alpha value is -4.64. The van der Waals surface area contributed by atoms with E-state index in [1.54, 1.807) is 11.0 Å². The van der Waals surface area contributed by atoms with Gasteiger partial charge in [0.05, 0.1) is 17.0 Å². The lowest BCUT2D eigenvalue weighted by molar-refractivity contribution is 0.0714. The summed E-state index contributed by atoms with van der Waals surface area (Å²) < 4.78 is 12.1. The molecule has 6 rings (SSSR count). The zero-order chi connectivity index (χ0) is 24.6. The van der Waals surface area contributed by atoms with Gasteiger partial charge in [-0.25, -0.2) is 0 Å². The van der Waals surface area contributed by atoms with Crippen molar-refractivity contribution in [1.82, 2.24) is 4.90 Å². The molecule has 0 N–H and O–H groups in total. The molecular formula is C31H23NO4. The third-order valence-electron chi connectivity index (χ3n) is 6.47. The van der Waals surface area contributed by atoms with Crippen LogP contribution in [0.3, 0.4) is 0 Å². The number of rotatable bonds is 5. The van der Waals surface area contributed by atoms with Gasteiger partial charge in [0, 0.05) is 6.54 Å².